The van der Waals surface area contributed by atoms with Gasteiger partial charge < -0.3 is 16.0 Å². The number of amides is 1. The molecule has 124 valence electrons. The number of aliphatic imine (C=N–C) groups is 1. The fourth-order valence-corrected chi connectivity index (χ4v) is 1.86. The maximum Gasteiger partial charge on any atom is 0.243 e. The number of rotatable bonds is 6. The quantitative estimate of drug-likeness (QED) is 0.423. The average Bonchev–Trinajstić information content (AvgIpc) is 2.55. The van der Waals surface area contributed by atoms with Gasteiger partial charge >= 0.3 is 0 Å². The Kier molecular flexibility index (Phi) is 7.49. The Bertz CT molecular complexity index is 605. The molecule has 1 rings (SSSR count). The molecule has 1 amide bonds. The second-order valence-corrected chi connectivity index (χ2v) is 7.03. The van der Waals surface area contributed by atoms with Crippen molar-refractivity contribution in [3.63, 3.8) is 0 Å². The van der Waals surface area contributed by atoms with Crippen LogP contribution in [0.4, 0.5) is 5.69 Å². The molecule has 0 atom stereocenters. The van der Waals surface area contributed by atoms with Crippen molar-refractivity contribution in [2.24, 2.45) is 4.99 Å². The van der Waals surface area contributed by atoms with Gasteiger partial charge in [-0.05, 0) is 38.3 Å². The minimum Gasteiger partial charge on any atom is -0.355 e. The molecule has 0 radical (unpaired) electrons. The molecule has 0 saturated carbocycles. The van der Waals surface area contributed by atoms with E-state index in [1.54, 1.807) is 30.9 Å². The summed E-state index contributed by atoms with van der Waals surface area (Å²) in [4.78, 5) is 16.1. The minimum atomic E-state index is -0.161. The van der Waals surface area contributed by atoms with Crippen LogP contribution in [0.25, 0.3) is 0 Å². The SMILES string of the molecule is C#Cc1cccc(NC(=O)CNC(=NC)NCC(C)(C)SC)c1. The summed E-state index contributed by atoms with van der Waals surface area (Å²) in [5.74, 6) is 2.97. The van der Waals surface area contributed by atoms with E-state index in [2.05, 4.69) is 47.0 Å². The molecule has 0 aromatic heterocycles. The largest absolute Gasteiger partial charge is 0.355 e. The Balaban J connectivity index is 2.46. The second-order valence-electron chi connectivity index (χ2n) is 5.52. The molecule has 0 saturated heterocycles. The third kappa shape index (κ3) is 7.11. The number of nitrogens with zero attached hydrogens (tertiary/aromatic N) is 1. The van der Waals surface area contributed by atoms with Gasteiger partial charge in [0.15, 0.2) is 5.96 Å². The summed E-state index contributed by atoms with van der Waals surface area (Å²) < 4.78 is 0.0928. The monoisotopic (exact) mass is 332 g/mol. The summed E-state index contributed by atoms with van der Waals surface area (Å²) in [6.45, 7) is 5.16. The summed E-state index contributed by atoms with van der Waals surface area (Å²) in [6, 6.07) is 7.18. The minimum absolute atomic E-state index is 0.0928. The zero-order chi connectivity index (χ0) is 17.3. The summed E-state index contributed by atoms with van der Waals surface area (Å²) >= 11 is 1.77. The lowest BCUT2D eigenvalue weighted by Crippen LogP contribution is -2.45. The zero-order valence-corrected chi connectivity index (χ0v) is 14.9. The normalized spacial score (nSPS) is 11.5. The molecule has 5 nitrogen and oxygen atoms in total. The Labute approximate surface area is 142 Å². The molecule has 23 heavy (non-hydrogen) atoms. The third-order valence-electron chi connectivity index (χ3n) is 3.19. The number of benzene rings is 1. The lowest BCUT2D eigenvalue weighted by molar-refractivity contribution is -0.115. The van der Waals surface area contributed by atoms with Crippen molar-refractivity contribution in [1.29, 1.82) is 0 Å². The first-order valence-corrected chi connectivity index (χ1v) is 8.49. The van der Waals surface area contributed by atoms with Gasteiger partial charge in [-0.25, -0.2) is 0 Å². The van der Waals surface area contributed by atoms with E-state index in [9.17, 15) is 4.79 Å². The fourth-order valence-electron chi connectivity index (χ4n) is 1.65. The van der Waals surface area contributed by atoms with Crippen LogP contribution in [0.15, 0.2) is 29.3 Å². The molecular weight excluding hydrogens is 308 g/mol. The highest BCUT2D eigenvalue weighted by Gasteiger charge is 2.16. The number of carbonyl (C=O) groups is 1. The molecule has 0 aliphatic heterocycles. The molecule has 0 fully saturated rings. The highest BCUT2D eigenvalue weighted by atomic mass is 32.2. The molecule has 6 heteroatoms. The van der Waals surface area contributed by atoms with E-state index in [1.165, 1.54) is 0 Å². The van der Waals surface area contributed by atoms with E-state index >= 15 is 0 Å². The highest BCUT2D eigenvalue weighted by Crippen LogP contribution is 2.19. The maximum atomic E-state index is 12.0. The Morgan fingerprint density at radius 2 is 2.13 bits per heavy atom. The second kappa shape index (κ2) is 9.11. The van der Waals surface area contributed by atoms with E-state index < -0.39 is 0 Å². The summed E-state index contributed by atoms with van der Waals surface area (Å²) in [5, 5.41) is 9.00. The molecule has 0 bridgehead atoms. The molecule has 0 heterocycles. The number of thioether (sulfide) groups is 1. The van der Waals surface area contributed by atoms with Gasteiger partial charge in [-0.2, -0.15) is 11.8 Å². The van der Waals surface area contributed by atoms with Crippen LogP contribution in [-0.4, -0.2) is 43.0 Å². The number of hydrogen-bond donors (Lipinski definition) is 3. The molecule has 0 spiro atoms. The van der Waals surface area contributed by atoms with Crippen LogP contribution in [0, 0.1) is 12.3 Å². The Hall–Kier alpha value is -2.13. The van der Waals surface area contributed by atoms with Crippen LogP contribution in [0.5, 0.6) is 0 Å². The van der Waals surface area contributed by atoms with Crippen molar-refractivity contribution in [3.05, 3.63) is 29.8 Å². The Morgan fingerprint density at radius 3 is 2.74 bits per heavy atom. The van der Waals surface area contributed by atoms with Crippen LogP contribution in [0.3, 0.4) is 0 Å². The van der Waals surface area contributed by atoms with E-state index in [0.29, 0.717) is 11.6 Å². The van der Waals surface area contributed by atoms with Crippen LogP contribution in [-0.2, 0) is 4.79 Å². The molecule has 0 aliphatic carbocycles. The summed E-state index contributed by atoms with van der Waals surface area (Å²) in [7, 11) is 1.68. The summed E-state index contributed by atoms with van der Waals surface area (Å²) in [5.41, 5.74) is 1.41. The van der Waals surface area contributed by atoms with Gasteiger partial charge in [0.25, 0.3) is 0 Å². The number of anilines is 1. The van der Waals surface area contributed by atoms with Crippen molar-refractivity contribution in [3.8, 4) is 12.3 Å². The van der Waals surface area contributed by atoms with E-state index in [1.807, 2.05) is 12.1 Å². The van der Waals surface area contributed by atoms with Crippen molar-refractivity contribution in [2.45, 2.75) is 18.6 Å². The van der Waals surface area contributed by atoms with Gasteiger partial charge in [-0.1, -0.05) is 12.0 Å². The zero-order valence-electron chi connectivity index (χ0n) is 14.1. The number of terminal acetylenes is 1. The first-order valence-electron chi connectivity index (χ1n) is 7.26. The van der Waals surface area contributed by atoms with Gasteiger partial charge in [0, 0.05) is 29.6 Å². The van der Waals surface area contributed by atoms with E-state index in [4.69, 9.17) is 6.42 Å². The molecule has 0 aliphatic rings. The maximum absolute atomic E-state index is 12.0. The van der Waals surface area contributed by atoms with Gasteiger partial charge in [-0.3, -0.25) is 9.79 Å². The van der Waals surface area contributed by atoms with Crippen molar-refractivity contribution in [1.82, 2.24) is 10.6 Å². The van der Waals surface area contributed by atoms with Gasteiger partial charge in [0.1, 0.15) is 0 Å². The lowest BCUT2D eigenvalue weighted by atomic mass is 10.2. The lowest BCUT2D eigenvalue weighted by Gasteiger charge is -2.23. The smallest absolute Gasteiger partial charge is 0.243 e. The fraction of sp³-hybridized carbons (Fsp3) is 0.412. The first-order chi connectivity index (χ1) is 10.9. The first kappa shape index (κ1) is 18.9. The van der Waals surface area contributed by atoms with Gasteiger partial charge in [-0.15, -0.1) is 6.42 Å². The van der Waals surface area contributed by atoms with E-state index in [-0.39, 0.29) is 17.2 Å². The summed E-state index contributed by atoms with van der Waals surface area (Å²) in [6.07, 6.45) is 7.41. The van der Waals surface area contributed by atoms with Crippen molar-refractivity contribution >= 4 is 29.3 Å². The predicted octanol–water partition coefficient (Wildman–Crippen LogP) is 1.91. The number of carbonyl (C=O) groups excluding carboxylic acids is 1. The molecule has 1 aromatic rings. The van der Waals surface area contributed by atoms with E-state index in [0.717, 1.165) is 12.1 Å². The van der Waals surface area contributed by atoms with Gasteiger partial charge in [0.05, 0.1) is 6.54 Å². The Morgan fingerprint density at radius 1 is 1.39 bits per heavy atom. The third-order valence-corrected chi connectivity index (χ3v) is 4.44. The van der Waals surface area contributed by atoms with Crippen molar-refractivity contribution in [2.75, 3.05) is 31.7 Å². The highest BCUT2D eigenvalue weighted by molar-refractivity contribution is 7.99. The number of nitrogens with one attached hydrogen (secondary N) is 3. The number of hydrogen-bond acceptors (Lipinski definition) is 3. The van der Waals surface area contributed by atoms with Crippen LogP contribution < -0.4 is 16.0 Å². The number of guanidine groups is 1. The average molecular weight is 332 g/mol. The van der Waals surface area contributed by atoms with Crippen LogP contribution in [0.1, 0.15) is 19.4 Å². The predicted molar refractivity (Wildman–Crippen MR) is 100.0 cm³/mol. The molecular formula is C17H24N4OS. The van der Waals surface area contributed by atoms with Crippen LogP contribution in [0.2, 0.25) is 0 Å². The van der Waals surface area contributed by atoms with Crippen molar-refractivity contribution < 1.29 is 4.79 Å². The topological polar surface area (TPSA) is 65.5 Å². The molecule has 1 aromatic carbocycles. The van der Waals surface area contributed by atoms with Gasteiger partial charge in [0.2, 0.25) is 5.91 Å². The standard InChI is InChI=1S/C17H24N4OS/c1-6-13-8-7-9-14(10-13)21-15(22)11-19-16(18-4)20-12-17(2,3)23-5/h1,7-10H,11-12H2,2-5H3,(H,21,22)(H2,18,19,20). The molecule has 3 N–H and O–H groups in total. The van der Waals surface area contributed by atoms with Crippen LogP contribution >= 0.6 is 11.8 Å². The molecule has 0 unspecified atom stereocenters.